The number of fused-ring (bicyclic) bond motifs is 4. The number of pyridine rings is 3. The smallest absolute Gasteiger partial charge is 0.141 e. The van der Waals surface area contributed by atoms with Crippen LogP contribution in [0.25, 0.3) is 72.6 Å². The maximum absolute atomic E-state index is 6.23. The van der Waals surface area contributed by atoms with E-state index in [4.69, 9.17) is 14.4 Å². The van der Waals surface area contributed by atoms with Crippen LogP contribution in [0.3, 0.4) is 0 Å². The van der Waals surface area contributed by atoms with Gasteiger partial charge in [-0.15, -0.1) is 42.0 Å². The minimum atomic E-state index is -1.40. The average molecular weight is 1060 g/mol. The van der Waals surface area contributed by atoms with Crippen molar-refractivity contribution in [2.45, 2.75) is 84.9 Å². The first-order valence-corrected chi connectivity index (χ1v) is 27.3. The monoisotopic (exact) mass is 1060 g/mol. The van der Waals surface area contributed by atoms with Crippen LogP contribution in [0.4, 0.5) is 0 Å². The molecule has 0 spiro atoms. The van der Waals surface area contributed by atoms with Gasteiger partial charge in [-0.25, -0.2) is 0 Å². The van der Waals surface area contributed by atoms with Gasteiger partial charge in [-0.05, 0) is 127 Å². The molecule has 1 radical (unpaired) electrons. The fraction of sp³-hybridized carbons (Fsp3) is 0.310. The Bertz CT molecular complexity index is 3160. The maximum Gasteiger partial charge on any atom is 0.141 e. The van der Waals surface area contributed by atoms with E-state index < -0.39 is 8.07 Å². The fourth-order valence-corrected chi connectivity index (χ4v) is 13.6. The number of hydrogen-bond acceptors (Lipinski definition) is 5. The molecule has 5 aromatic heterocycles. The third-order valence-electron chi connectivity index (χ3n) is 14.8. The van der Waals surface area contributed by atoms with Crippen molar-refractivity contribution in [3.05, 3.63) is 157 Å². The molecule has 5 heterocycles. The molecule has 0 aliphatic heterocycles. The van der Waals surface area contributed by atoms with Gasteiger partial charge in [0.1, 0.15) is 11.3 Å². The van der Waals surface area contributed by atoms with E-state index in [0.29, 0.717) is 11.6 Å². The Labute approximate surface area is 403 Å². The Morgan fingerprint density at radius 3 is 2.24 bits per heavy atom. The van der Waals surface area contributed by atoms with Crippen LogP contribution < -0.4 is 5.19 Å². The van der Waals surface area contributed by atoms with Crippen LogP contribution in [-0.4, -0.2) is 32.6 Å². The molecule has 0 amide bonds. The van der Waals surface area contributed by atoms with E-state index in [2.05, 4.69) is 157 Å². The summed E-state index contributed by atoms with van der Waals surface area (Å²) in [7, 11) is -1.40. The molecule has 4 fully saturated rings. The Hall–Kier alpha value is -5.53. The Balaban J connectivity index is 0.000000161. The second kappa shape index (κ2) is 17.9. The zero-order valence-electron chi connectivity index (χ0n) is 38.8. The molecule has 0 unspecified atom stereocenters. The van der Waals surface area contributed by atoms with Gasteiger partial charge in [0.05, 0.1) is 30.6 Å². The van der Waals surface area contributed by atoms with Crippen molar-refractivity contribution in [1.82, 2.24) is 24.5 Å². The van der Waals surface area contributed by atoms with Gasteiger partial charge in [0, 0.05) is 49.1 Å². The predicted molar refractivity (Wildman–Crippen MR) is 268 cm³/mol. The molecular formula is C58H57IrN5OSi-2. The molecule has 4 saturated carbocycles. The van der Waals surface area contributed by atoms with E-state index in [9.17, 15) is 0 Å². The first-order valence-electron chi connectivity index (χ1n) is 23.8. The molecule has 0 saturated heterocycles. The van der Waals surface area contributed by atoms with E-state index in [1.807, 2.05) is 37.4 Å². The summed E-state index contributed by atoms with van der Waals surface area (Å²) in [6.45, 7) is 13.8. The molecule has 6 nitrogen and oxygen atoms in total. The first kappa shape index (κ1) is 44.3. The summed E-state index contributed by atoms with van der Waals surface area (Å²) in [6.07, 6.45) is 16.2. The van der Waals surface area contributed by atoms with Crippen molar-refractivity contribution in [1.29, 1.82) is 0 Å². The zero-order valence-corrected chi connectivity index (χ0v) is 42.2. The number of imidazole rings is 1. The quantitative estimate of drug-likeness (QED) is 0.112. The van der Waals surface area contributed by atoms with Crippen LogP contribution >= 0.6 is 0 Å². The summed E-state index contributed by atoms with van der Waals surface area (Å²) >= 11 is 0. The summed E-state index contributed by atoms with van der Waals surface area (Å²) in [5, 5.41) is 3.59. The maximum atomic E-state index is 6.23. The van der Waals surface area contributed by atoms with E-state index in [-0.39, 0.29) is 20.1 Å². The molecule has 4 aromatic carbocycles. The predicted octanol–water partition coefficient (Wildman–Crippen LogP) is 14.0. The second-order valence-corrected chi connectivity index (χ2v) is 25.5. The number of nitrogens with zero attached hydrogens (tertiary/aromatic N) is 5. The average Bonchev–Trinajstić information content (AvgIpc) is 3.90. The van der Waals surface area contributed by atoms with Crippen LogP contribution in [0.2, 0.25) is 19.6 Å². The molecule has 13 rings (SSSR count). The van der Waals surface area contributed by atoms with Crippen molar-refractivity contribution in [2.24, 2.45) is 29.6 Å². The summed E-state index contributed by atoms with van der Waals surface area (Å²) in [5.74, 6) is 6.15. The standard InChI is InChI=1S/C33H25N4O.C25H32NSi.Ir/c1-20(2)24-13-9-14-26-27-18-23(19-35-33(27)38-31(24)26)32-36-30-21(3)34-17-16-29(30)37(32)28-15-8-7-12-25(28)22-10-5-4-6-11-22;1-27(2,3)25-16-26-24(19-7-5-4-6-8-19)15-22(25)14-23-20-10-17-9-18(12-20)13-21(23)11-17;/h4-18,20H,1-3H3;4-7,15-18,20-21,23H,9-14H2,1-3H3;/q2*-1;. The van der Waals surface area contributed by atoms with E-state index in [0.717, 1.165) is 102 Å². The van der Waals surface area contributed by atoms with Gasteiger partial charge in [0.15, 0.2) is 0 Å². The van der Waals surface area contributed by atoms with Gasteiger partial charge in [-0.3, -0.25) is 9.97 Å². The third-order valence-corrected chi connectivity index (χ3v) is 16.9. The van der Waals surface area contributed by atoms with Crippen molar-refractivity contribution in [3.63, 3.8) is 0 Å². The normalized spacial score (nSPS) is 19.9. The number of benzene rings is 4. The van der Waals surface area contributed by atoms with Crippen LogP contribution in [0.5, 0.6) is 0 Å². The molecule has 8 heteroatoms. The van der Waals surface area contributed by atoms with E-state index in [1.54, 1.807) is 17.2 Å². The van der Waals surface area contributed by atoms with Crippen molar-refractivity contribution in [2.75, 3.05) is 0 Å². The number of aryl methyl sites for hydroxylation is 1. The summed E-state index contributed by atoms with van der Waals surface area (Å²) < 4.78 is 8.43. The van der Waals surface area contributed by atoms with Gasteiger partial charge in [-0.1, -0.05) is 117 Å². The van der Waals surface area contributed by atoms with Crippen molar-refractivity contribution < 1.29 is 24.5 Å². The SMILES string of the molecule is C[Si](C)(C)c1cnc(-c2[c-]cccc2)cc1CC1C2CC3CC(C2)CC1C3.Cc1nccc2c1nc(-c1[c-]nc3oc4c(C(C)C)cccc4c3c1)n2-c1ccccc1-c1ccccc1.[Ir]. The van der Waals surface area contributed by atoms with Crippen LogP contribution in [-0.2, 0) is 26.5 Å². The van der Waals surface area contributed by atoms with Gasteiger partial charge in [0.2, 0.25) is 0 Å². The fourth-order valence-electron chi connectivity index (χ4n) is 12.0. The number of rotatable bonds is 8. The molecule has 9 aromatic rings. The molecule has 66 heavy (non-hydrogen) atoms. The Kier molecular flexibility index (Phi) is 12.0. The van der Waals surface area contributed by atoms with E-state index in [1.165, 1.54) is 37.7 Å². The Morgan fingerprint density at radius 2 is 1.52 bits per heavy atom. The molecule has 4 bridgehead atoms. The summed E-state index contributed by atoms with van der Waals surface area (Å²) in [4.78, 5) is 19.1. The summed E-state index contributed by atoms with van der Waals surface area (Å²) in [6, 6.07) is 43.3. The van der Waals surface area contributed by atoms with E-state index >= 15 is 0 Å². The van der Waals surface area contributed by atoms with Gasteiger partial charge in [-0.2, -0.15) is 0 Å². The third kappa shape index (κ3) is 8.20. The minimum Gasteiger partial charge on any atom is -0.482 e. The van der Waals surface area contributed by atoms with Crippen LogP contribution in [0.1, 0.15) is 68.7 Å². The number of furan rings is 1. The van der Waals surface area contributed by atoms with Crippen LogP contribution in [0.15, 0.2) is 132 Å². The second-order valence-electron chi connectivity index (χ2n) is 20.5. The molecule has 4 aliphatic rings. The minimum absolute atomic E-state index is 0. The molecule has 4 aliphatic carbocycles. The first-order chi connectivity index (χ1) is 31.6. The molecule has 0 N–H and O–H groups in total. The van der Waals surface area contributed by atoms with Crippen molar-refractivity contribution >= 4 is 46.4 Å². The number of para-hydroxylation sites is 2. The Morgan fingerprint density at radius 1 is 0.773 bits per heavy atom. The van der Waals surface area contributed by atoms with Gasteiger partial charge >= 0.3 is 0 Å². The molecular weight excluding hydrogens is 1000 g/mol. The van der Waals surface area contributed by atoms with Crippen LogP contribution in [0, 0.1) is 48.8 Å². The topological polar surface area (TPSA) is 69.6 Å². The zero-order chi connectivity index (χ0) is 44.4. The van der Waals surface area contributed by atoms with Gasteiger partial charge in [0.25, 0.3) is 0 Å². The number of aromatic nitrogens is 5. The van der Waals surface area contributed by atoms with Crippen molar-refractivity contribution in [3.8, 4) is 39.5 Å². The van der Waals surface area contributed by atoms with Gasteiger partial charge < -0.3 is 19.0 Å². The number of hydrogen-bond donors (Lipinski definition) is 0. The molecule has 0 atom stereocenters. The molecule has 335 valence electrons. The largest absolute Gasteiger partial charge is 0.482 e. The summed E-state index contributed by atoms with van der Waals surface area (Å²) in [5.41, 5.74) is 13.3.